The van der Waals surface area contributed by atoms with E-state index in [4.69, 9.17) is 11.5 Å². The van der Waals surface area contributed by atoms with Crippen LogP contribution in [0.3, 0.4) is 0 Å². The van der Waals surface area contributed by atoms with E-state index in [9.17, 15) is 0 Å². The fourth-order valence-electron chi connectivity index (χ4n) is 4.97. The van der Waals surface area contributed by atoms with E-state index >= 15 is 0 Å². The maximum Gasteiger partial charge on any atom is 0.0434 e. The molecule has 0 aliphatic rings. The zero-order chi connectivity index (χ0) is 38.3. The molecule has 0 fully saturated rings. The molecule has 2 aromatic rings. The summed E-state index contributed by atoms with van der Waals surface area (Å²) in [4.78, 5) is 0. The standard InChI is InChI=1S/C21H26.C14H31N5.4C2H6/c1-7-20(18(6)19-10-8-14(2)9-11-19)21-13-15(3)12-16(4)17(21)5;1-5-18-9-7-12(2)6-8-14(3,16)10-13(11-15)19-17-4;4*1-2/h8-13H,7H2,1-6H3;5,11-12,17-19H,1,6-10,15-16H2,2-4H3;4*1-2H3/b20-18+;13-11-;;;;. The van der Waals surface area contributed by atoms with Gasteiger partial charge in [-0.3, -0.25) is 0 Å². The number of hydrazine groups is 1. The average Bonchev–Trinajstić information content (AvgIpc) is 3.10. The molecular weight excluding hydrogens is 587 g/mol. The maximum absolute atomic E-state index is 6.33. The molecule has 7 N–H and O–H groups in total. The summed E-state index contributed by atoms with van der Waals surface area (Å²) < 4.78 is 0. The Morgan fingerprint density at radius 1 is 0.896 bits per heavy atom. The number of rotatable bonds is 14. The van der Waals surface area contributed by atoms with E-state index in [1.54, 1.807) is 12.4 Å². The van der Waals surface area contributed by atoms with Crippen molar-refractivity contribution >= 4 is 11.1 Å². The molecule has 2 unspecified atom stereocenters. The lowest BCUT2D eigenvalue weighted by Crippen LogP contribution is -2.40. The summed E-state index contributed by atoms with van der Waals surface area (Å²) in [6.07, 6.45) is 8.33. The van der Waals surface area contributed by atoms with Gasteiger partial charge in [0.1, 0.15) is 0 Å². The second-order valence-electron chi connectivity index (χ2n) is 11.6. The van der Waals surface area contributed by atoms with Crippen molar-refractivity contribution < 1.29 is 0 Å². The molecule has 0 radical (unpaired) electrons. The number of benzene rings is 2. The lowest BCUT2D eigenvalue weighted by molar-refractivity contribution is 0.354. The van der Waals surface area contributed by atoms with Crippen LogP contribution >= 0.6 is 0 Å². The summed E-state index contributed by atoms with van der Waals surface area (Å²) >= 11 is 0. The zero-order valence-corrected chi connectivity index (χ0v) is 34.8. The van der Waals surface area contributed by atoms with E-state index in [1.165, 1.54) is 44.5 Å². The topological polar surface area (TPSA) is 88.1 Å². The van der Waals surface area contributed by atoms with Crippen molar-refractivity contribution in [3.8, 4) is 0 Å². The van der Waals surface area contributed by atoms with Gasteiger partial charge in [-0.25, -0.2) is 5.43 Å². The lowest BCUT2D eigenvalue weighted by atomic mass is 9.87. The Kier molecular flexibility index (Phi) is 35.1. The molecule has 48 heavy (non-hydrogen) atoms. The van der Waals surface area contributed by atoms with Crippen molar-refractivity contribution in [3.05, 3.63) is 94.5 Å². The first-order valence-electron chi connectivity index (χ1n) is 18.7. The number of aryl methyl sites for hydroxylation is 3. The number of hydrogen-bond acceptors (Lipinski definition) is 5. The summed E-state index contributed by atoms with van der Waals surface area (Å²) in [6, 6.07) is 13.5. The van der Waals surface area contributed by atoms with Gasteiger partial charge in [0.05, 0.1) is 0 Å². The number of nitrogens with two attached hydrogens (primary N) is 2. The lowest BCUT2D eigenvalue weighted by Gasteiger charge is -2.27. The van der Waals surface area contributed by atoms with E-state index in [0.717, 1.165) is 44.3 Å². The molecule has 0 aromatic heterocycles. The van der Waals surface area contributed by atoms with Gasteiger partial charge >= 0.3 is 0 Å². The first-order valence-corrected chi connectivity index (χ1v) is 18.7. The van der Waals surface area contributed by atoms with Crippen LogP contribution in [0.4, 0.5) is 0 Å². The predicted molar refractivity (Wildman–Crippen MR) is 223 cm³/mol. The zero-order valence-electron chi connectivity index (χ0n) is 34.8. The van der Waals surface area contributed by atoms with Crippen molar-refractivity contribution in [3.63, 3.8) is 0 Å². The molecule has 2 aromatic carbocycles. The molecule has 278 valence electrons. The van der Waals surface area contributed by atoms with Gasteiger partial charge in [-0.05, 0) is 113 Å². The van der Waals surface area contributed by atoms with Crippen LogP contribution in [0.25, 0.3) is 11.1 Å². The molecule has 5 heteroatoms. The Bertz CT molecular complexity index is 1110. The molecule has 0 amide bonds. The monoisotopic (exact) mass is 668 g/mol. The van der Waals surface area contributed by atoms with Crippen molar-refractivity contribution in [1.82, 2.24) is 16.2 Å². The summed E-state index contributed by atoms with van der Waals surface area (Å²) in [7, 11) is 1.81. The normalized spacial score (nSPS) is 12.4. The minimum absolute atomic E-state index is 0.241. The summed E-state index contributed by atoms with van der Waals surface area (Å²) in [5.74, 6) is 0.651. The predicted octanol–water partition coefficient (Wildman–Crippen LogP) is 11.5. The van der Waals surface area contributed by atoms with Crippen LogP contribution in [0.2, 0.25) is 0 Å². The molecule has 2 atom stereocenters. The summed E-state index contributed by atoms with van der Waals surface area (Å²) in [5, 5.41) is 3.12. The van der Waals surface area contributed by atoms with E-state index < -0.39 is 0 Å². The van der Waals surface area contributed by atoms with Crippen molar-refractivity contribution in [2.75, 3.05) is 13.6 Å². The molecule has 5 nitrogen and oxygen atoms in total. The van der Waals surface area contributed by atoms with Gasteiger partial charge in [0.25, 0.3) is 0 Å². The van der Waals surface area contributed by atoms with Crippen LogP contribution in [0.1, 0.15) is 149 Å². The summed E-state index contributed by atoms with van der Waals surface area (Å²) in [5.41, 5.74) is 29.5. The molecule has 0 saturated heterocycles. The van der Waals surface area contributed by atoms with Crippen LogP contribution in [0.15, 0.2) is 61.1 Å². The van der Waals surface area contributed by atoms with Gasteiger partial charge in [-0.15, -0.1) is 0 Å². The quantitative estimate of drug-likeness (QED) is 0.0786. The number of nitrogens with one attached hydrogen (secondary N) is 3. The van der Waals surface area contributed by atoms with Crippen molar-refractivity contribution in [1.29, 1.82) is 0 Å². The molecule has 2 rings (SSSR count). The van der Waals surface area contributed by atoms with Gasteiger partial charge in [0.2, 0.25) is 0 Å². The molecule has 0 bridgehead atoms. The van der Waals surface area contributed by atoms with Crippen molar-refractivity contribution in [2.24, 2.45) is 17.4 Å². The SMILES string of the molecule is C=CNCCC(C)CCC(C)(N)C/C(=C/N)NNC.CC.CC.CC.CC.CC/C(=C(/C)c1ccc(C)cc1)c1cc(C)cc(C)c1C. The molecule has 0 aliphatic heterocycles. The fourth-order valence-corrected chi connectivity index (χ4v) is 4.97. The second-order valence-corrected chi connectivity index (χ2v) is 11.6. The van der Waals surface area contributed by atoms with Gasteiger partial charge in [-0.1, -0.05) is 123 Å². The third-order valence-electron chi connectivity index (χ3n) is 7.64. The van der Waals surface area contributed by atoms with Crippen LogP contribution < -0.4 is 27.6 Å². The van der Waals surface area contributed by atoms with Crippen LogP contribution in [0, 0.1) is 33.6 Å². The van der Waals surface area contributed by atoms with Gasteiger partial charge in [0, 0.05) is 37.4 Å². The Labute approximate surface area is 300 Å². The highest BCUT2D eigenvalue weighted by Crippen LogP contribution is 2.32. The van der Waals surface area contributed by atoms with E-state index in [1.807, 2.05) is 62.4 Å². The van der Waals surface area contributed by atoms with E-state index in [-0.39, 0.29) is 5.54 Å². The van der Waals surface area contributed by atoms with E-state index in [2.05, 4.69) is 115 Å². The largest absolute Gasteiger partial charge is 0.403 e. The third kappa shape index (κ3) is 22.5. The Balaban J connectivity index is -0.000000335. The highest BCUT2D eigenvalue weighted by Gasteiger charge is 2.21. The van der Waals surface area contributed by atoms with Gasteiger partial charge in [-0.2, -0.15) is 0 Å². The van der Waals surface area contributed by atoms with Crippen molar-refractivity contribution in [2.45, 2.75) is 148 Å². The minimum Gasteiger partial charge on any atom is -0.403 e. The third-order valence-corrected chi connectivity index (χ3v) is 7.64. The first-order chi connectivity index (χ1) is 22.9. The Morgan fingerprint density at radius 3 is 1.90 bits per heavy atom. The molecule has 0 saturated carbocycles. The molecule has 0 heterocycles. The molecule has 0 spiro atoms. The molecule has 0 aliphatic carbocycles. The Morgan fingerprint density at radius 2 is 1.44 bits per heavy atom. The van der Waals surface area contributed by atoms with Gasteiger partial charge in [0.15, 0.2) is 0 Å². The minimum atomic E-state index is -0.241. The van der Waals surface area contributed by atoms with Crippen LogP contribution in [0.5, 0.6) is 0 Å². The maximum atomic E-state index is 6.33. The van der Waals surface area contributed by atoms with Crippen LogP contribution in [-0.2, 0) is 0 Å². The summed E-state index contributed by atoms with van der Waals surface area (Å²) in [6.45, 7) is 38.2. The highest BCUT2D eigenvalue weighted by molar-refractivity contribution is 5.91. The second kappa shape index (κ2) is 32.5. The van der Waals surface area contributed by atoms with E-state index in [0.29, 0.717) is 5.92 Å². The number of allylic oxidation sites excluding steroid dienone is 2. The fraction of sp³-hybridized carbons (Fsp3) is 0.581. The average molecular weight is 668 g/mol. The van der Waals surface area contributed by atoms with Crippen LogP contribution in [-0.4, -0.2) is 19.1 Å². The molecular formula is C43H81N5. The van der Waals surface area contributed by atoms with Gasteiger partial charge < -0.3 is 22.2 Å². The smallest absolute Gasteiger partial charge is 0.0434 e. The highest BCUT2D eigenvalue weighted by atomic mass is 15.3. The first kappa shape index (κ1) is 51.8. The number of hydrogen-bond donors (Lipinski definition) is 5. The Hall–Kier alpha value is -3.02.